The van der Waals surface area contributed by atoms with Crippen LogP contribution in [0.4, 0.5) is 5.69 Å². The van der Waals surface area contributed by atoms with Gasteiger partial charge in [-0.1, -0.05) is 30.3 Å². The number of fused-ring (bicyclic) bond motifs is 1. The molecule has 70 valence electrons. The number of rotatable bonds is 1. The fourth-order valence-electron chi connectivity index (χ4n) is 1.54. The third-order valence-corrected chi connectivity index (χ3v) is 2.16. The Morgan fingerprint density at radius 2 is 1.79 bits per heavy atom. The monoisotopic (exact) mass is 186 g/mol. The summed E-state index contributed by atoms with van der Waals surface area (Å²) >= 11 is 0. The lowest BCUT2D eigenvalue weighted by atomic mass is 10.0. The molecule has 0 aromatic heterocycles. The van der Waals surface area contributed by atoms with Crippen molar-refractivity contribution < 1.29 is 9.90 Å². The van der Waals surface area contributed by atoms with Crippen LogP contribution in [0.5, 0.6) is 0 Å². The fraction of sp³-hybridized carbons (Fsp3) is 0. The van der Waals surface area contributed by atoms with Crippen LogP contribution in [0.1, 0.15) is 10.4 Å². The molecule has 0 amide bonds. The summed E-state index contributed by atoms with van der Waals surface area (Å²) in [6.07, 6.45) is 0. The first-order valence-electron chi connectivity index (χ1n) is 4.18. The van der Waals surface area contributed by atoms with Crippen LogP contribution in [0, 0.1) is 0 Å². The summed E-state index contributed by atoms with van der Waals surface area (Å²) in [5, 5.41) is 12.2. The number of benzene rings is 2. The van der Waals surface area contributed by atoms with Gasteiger partial charge in [0.25, 0.3) is 0 Å². The maximum absolute atomic E-state index is 10.8. The second-order valence-electron chi connectivity index (χ2n) is 3.04. The predicted molar refractivity (Wildman–Crippen MR) is 52.7 cm³/mol. The molecule has 0 heterocycles. The molecule has 2 aromatic rings. The van der Waals surface area contributed by atoms with Gasteiger partial charge in [0, 0.05) is 16.6 Å². The zero-order chi connectivity index (χ0) is 10.1. The quantitative estimate of drug-likeness (QED) is 0.669. The van der Waals surface area contributed by atoms with E-state index in [1.165, 1.54) is 6.07 Å². The molecular weight excluding hydrogens is 178 g/mol. The van der Waals surface area contributed by atoms with Gasteiger partial charge in [-0.2, -0.15) is 0 Å². The van der Waals surface area contributed by atoms with Gasteiger partial charge in [0.05, 0.1) is 5.97 Å². The molecule has 0 fully saturated rings. The molecule has 0 saturated carbocycles. The van der Waals surface area contributed by atoms with Gasteiger partial charge in [0.15, 0.2) is 0 Å². The minimum Gasteiger partial charge on any atom is -0.545 e. The minimum atomic E-state index is -1.20. The van der Waals surface area contributed by atoms with Crippen LogP contribution >= 0.6 is 0 Å². The van der Waals surface area contributed by atoms with Crippen molar-refractivity contribution in [2.75, 3.05) is 5.73 Å². The van der Waals surface area contributed by atoms with Gasteiger partial charge in [-0.25, -0.2) is 0 Å². The largest absolute Gasteiger partial charge is 0.545 e. The van der Waals surface area contributed by atoms with Gasteiger partial charge in [-0.15, -0.1) is 0 Å². The average molecular weight is 186 g/mol. The molecule has 0 aliphatic heterocycles. The summed E-state index contributed by atoms with van der Waals surface area (Å²) in [7, 11) is 0. The maximum Gasteiger partial charge on any atom is 0.0722 e. The first-order chi connectivity index (χ1) is 6.70. The van der Waals surface area contributed by atoms with E-state index < -0.39 is 5.97 Å². The Labute approximate surface area is 80.8 Å². The summed E-state index contributed by atoms with van der Waals surface area (Å²) in [6, 6.07) is 10.3. The summed E-state index contributed by atoms with van der Waals surface area (Å²) in [6.45, 7) is 0. The molecule has 0 aliphatic rings. The Morgan fingerprint density at radius 1 is 1.14 bits per heavy atom. The predicted octanol–water partition coefficient (Wildman–Crippen LogP) is 0.785. The minimum absolute atomic E-state index is 0.139. The van der Waals surface area contributed by atoms with Gasteiger partial charge in [0.1, 0.15) is 0 Å². The first kappa shape index (κ1) is 8.56. The van der Waals surface area contributed by atoms with E-state index in [0.717, 1.165) is 5.39 Å². The lowest BCUT2D eigenvalue weighted by Crippen LogP contribution is -2.22. The smallest absolute Gasteiger partial charge is 0.0722 e. The van der Waals surface area contributed by atoms with Crippen molar-refractivity contribution in [3.05, 3.63) is 42.0 Å². The fourth-order valence-corrected chi connectivity index (χ4v) is 1.54. The van der Waals surface area contributed by atoms with Crippen molar-refractivity contribution in [2.45, 2.75) is 0 Å². The van der Waals surface area contributed by atoms with Gasteiger partial charge < -0.3 is 15.6 Å². The molecule has 2 N–H and O–H groups in total. The van der Waals surface area contributed by atoms with Crippen LogP contribution in [0.15, 0.2) is 36.4 Å². The van der Waals surface area contributed by atoms with E-state index in [1.54, 1.807) is 18.2 Å². The Bertz CT molecular complexity index is 500. The molecule has 0 radical (unpaired) electrons. The maximum atomic E-state index is 10.8. The number of carboxylic acid groups (broad SMARTS) is 1. The highest BCUT2D eigenvalue weighted by molar-refractivity contribution is 6.07. The number of aromatic carboxylic acids is 1. The Hall–Kier alpha value is -2.03. The van der Waals surface area contributed by atoms with Crippen molar-refractivity contribution in [2.24, 2.45) is 0 Å². The van der Waals surface area contributed by atoms with Crippen molar-refractivity contribution >= 4 is 22.4 Å². The number of hydrogen-bond donors (Lipinski definition) is 1. The lowest BCUT2D eigenvalue weighted by molar-refractivity contribution is -0.254. The molecule has 0 saturated heterocycles. The number of carboxylic acids is 1. The standard InChI is InChI=1S/C11H9NO2/c12-9-6-2-4-7-3-1-5-8(10(7)9)11(13)14/h1-6H,12H2,(H,13,14)/p-1. The summed E-state index contributed by atoms with van der Waals surface area (Å²) < 4.78 is 0. The van der Waals surface area contributed by atoms with Crippen LogP contribution in [-0.4, -0.2) is 5.97 Å². The highest BCUT2D eigenvalue weighted by atomic mass is 16.4. The second kappa shape index (κ2) is 3.03. The third-order valence-electron chi connectivity index (χ3n) is 2.16. The van der Waals surface area contributed by atoms with Crippen LogP contribution in [0.25, 0.3) is 10.8 Å². The van der Waals surface area contributed by atoms with Crippen LogP contribution in [0.3, 0.4) is 0 Å². The van der Waals surface area contributed by atoms with Crippen LogP contribution in [0.2, 0.25) is 0 Å². The molecule has 2 aromatic carbocycles. The van der Waals surface area contributed by atoms with Gasteiger partial charge in [-0.3, -0.25) is 0 Å². The molecule has 14 heavy (non-hydrogen) atoms. The van der Waals surface area contributed by atoms with E-state index in [-0.39, 0.29) is 5.56 Å². The Balaban J connectivity index is 2.91. The number of nitrogens with two attached hydrogens (primary N) is 1. The molecular formula is C11H8NO2-. The van der Waals surface area contributed by atoms with Gasteiger partial charge in [-0.05, 0) is 11.5 Å². The number of nitrogen functional groups attached to an aromatic ring is 1. The molecule has 0 unspecified atom stereocenters. The molecule has 0 atom stereocenters. The highest BCUT2D eigenvalue weighted by Crippen LogP contribution is 2.24. The lowest BCUT2D eigenvalue weighted by Gasteiger charge is -2.09. The van der Waals surface area contributed by atoms with E-state index in [9.17, 15) is 9.90 Å². The molecule has 0 spiro atoms. The molecule has 3 heteroatoms. The topological polar surface area (TPSA) is 66.2 Å². The van der Waals surface area contributed by atoms with Crippen molar-refractivity contribution in [1.82, 2.24) is 0 Å². The van der Waals surface area contributed by atoms with E-state index in [2.05, 4.69) is 0 Å². The van der Waals surface area contributed by atoms with Crippen molar-refractivity contribution in [3.63, 3.8) is 0 Å². The van der Waals surface area contributed by atoms with E-state index >= 15 is 0 Å². The average Bonchev–Trinajstić information content (AvgIpc) is 2.17. The number of hydrogen-bond acceptors (Lipinski definition) is 3. The Morgan fingerprint density at radius 3 is 2.43 bits per heavy atom. The Kier molecular flexibility index (Phi) is 1.85. The molecule has 3 nitrogen and oxygen atoms in total. The number of carbonyl (C=O) groups is 1. The normalized spacial score (nSPS) is 10.3. The molecule has 0 bridgehead atoms. The molecule has 2 rings (SSSR count). The molecule has 0 aliphatic carbocycles. The third kappa shape index (κ3) is 1.19. The number of anilines is 1. The second-order valence-corrected chi connectivity index (χ2v) is 3.04. The summed E-state index contributed by atoms with van der Waals surface area (Å²) in [5.74, 6) is -1.20. The van der Waals surface area contributed by atoms with Crippen LogP contribution < -0.4 is 10.8 Å². The van der Waals surface area contributed by atoms with Gasteiger partial charge >= 0.3 is 0 Å². The van der Waals surface area contributed by atoms with Crippen LogP contribution in [-0.2, 0) is 0 Å². The summed E-state index contributed by atoms with van der Waals surface area (Å²) in [4.78, 5) is 10.8. The van der Waals surface area contributed by atoms with E-state index in [1.807, 2.05) is 12.1 Å². The zero-order valence-electron chi connectivity index (χ0n) is 7.36. The van der Waals surface area contributed by atoms with E-state index in [4.69, 9.17) is 5.73 Å². The van der Waals surface area contributed by atoms with E-state index in [0.29, 0.717) is 11.1 Å². The zero-order valence-corrected chi connectivity index (χ0v) is 7.36. The first-order valence-corrected chi connectivity index (χ1v) is 4.18. The highest BCUT2D eigenvalue weighted by Gasteiger charge is 2.03. The number of carbonyl (C=O) groups excluding carboxylic acids is 1. The summed E-state index contributed by atoms with van der Waals surface area (Å²) in [5.41, 5.74) is 6.30. The van der Waals surface area contributed by atoms with Crippen molar-refractivity contribution in [3.8, 4) is 0 Å². The SMILES string of the molecule is Nc1cccc2cccc(C(=O)[O-])c12. The van der Waals surface area contributed by atoms with Gasteiger partial charge in [0.2, 0.25) is 0 Å². The van der Waals surface area contributed by atoms with Crippen molar-refractivity contribution in [1.29, 1.82) is 0 Å².